The number of ether oxygens (including phenoxy) is 1. The van der Waals surface area contributed by atoms with Gasteiger partial charge >= 0.3 is 5.92 Å². The van der Waals surface area contributed by atoms with Gasteiger partial charge in [0.05, 0.1) is 6.10 Å². The number of nitrogens with zero attached hydrogens (tertiary/aromatic N) is 1. The Morgan fingerprint density at radius 2 is 2.11 bits per heavy atom. The smallest absolute Gasteiger partial charge is 0.352 e. The summed E-state index contributed by atoms with van der Waals surface area (Å²) in [6.07, 6.45) is -0.321. The zero-order valence-electron chi connectivity index (χ0n) is 10.4. The third kappa shape index (κ3) is 2.49. The Morgan fingerprint density at radius 1 is 1.50 bits per heavy atom. The Bertz CT molecular complexity index is 318. The van der Waals surface area contributed by atoms with E-state index in [0.29, 0.717) is 19.5 Å². The van der Waals surface area contributed by atoms with Gasteiger partial charge < -0.3 is 14.7 Å². The normalized spacial score (nSPS) is 29.4. The molecular formula is C12H19F2NO3. The van der Waals surface area contributed by atoms with Crippen LogP contribution in [-0.4, -0.2) is 53.2 Å². The molecule has 18 heavy (non-hydrogen) atoms. The molecule has 2 aliphatic heterocycles. The highest BCUT2D eigenvalue weighted by Crippen LogP contribution is 2.37. The van der Waals surface area contributed by atoms with Gasteiger partial charge in [-0.05, 0) is 19.3 Å². The molecule has 3 atom stereocenters. The topological polar surface area (TPSA) is 53.1 Å². The first kappa shape index (κ1) is 13.7. The van der Waals surface area contributed by atoms with Gasteiger partial charge in [0.25, 0.3) is 5.91 Å². The van der Waals surface area contributed by atoms with E-state index in [0.717, 1.165) is 24.2 Å². The SMILES string of the molecule is CCC[C@H]1O[C@H]1C(O)C(F)(F)C(=O)N1CCCC1. The number of hydrogen-bond donors (Lipinski definition) is 1. The minimum atomic E-state index is -3.74. The summed E-state index contributed by atoms with van der Waals surface area (Å²) in [6.45, 7) is 2.62. The molecule has 6 heteroatoms. The molecule has 1 N–H and O–H groups in total. The molecule has 1 amide bonds. The fraction of sp³-hybridized carbons (Fsp3) is 0.917. The molecule has 2 rings (SSSR count). The molecule has 2 saturated heterocycles. The molecule has 0 saturated carbocycles. The van der Waals surface area contributed by atoms with Crippen molar-refractivity contribution < 1.29 is 23.4 Å². The standard InChI is InChI=1S/C12H19F2NO3/c1-2-5-8-9(18-8)10(16)12(13,14)11(17)15-6-3-4-7-15/h8-10,16H,2-7H2,1H3/t8-,9-,10?/m1/s1. The first-order chi connectivity index (χ1) is 8.48. The lowest BCUT2D eigenvalue weighted by molar-refractivity contribution is -0.175. The largest absolute Gasteiger partial charge is 0.383 e. The maximum Gasteiger partial charge on any atom is 0.352 e. The lowest BCUT2D eigenvalue weighted by atomic mass is 10.0. The summed E-state index contributed by atoms with van der Waals surface area (Å²) in [5.74, 6) is -5.00. The minimum absolute atomic E-state index is 0.331. The van der Waals surface area contributed by atoms with Crippen LogP contribution in [0.15, 0.2) is 0 Å². The van der Waals surface area contributed by atoms with Gasteiger partial charge in [-0.3, -0.25) is 4.79 Å². The molecule has 1 unspecified atom stereocenters. The molecule has 0 aromatic carbocycles. The third-order valence-corrected chi connectivity index (χ3v) is 3.56. The van der Waals surface area contributed by atoms with E-state index in [1.165, 1.54) is 0 Å². The zero-order chi connectivity index (χ0) is 13.3. The average Bonchev–Trinajstić information content (AvgIpc) is 2.90. The van der Waals surface area contributed by atoms with Crippen LogP contribution in [0.5, 0.6) is 0 Å². The van der Waals surface area contributed by atoms with E-state index in [1.54, 1.807) is 0 Å². The van der Waals surface area contributed by atoms with Crippen LogP contribution in [0.1, 0.15) is 32.6 Å². The molecule has 0 aliphatic carbocycles. The number of aliphatic hydroxyl groups is 1. The first-order valence-electron chi connectivity index (χ1n) is 6.49. The number of alkyl halides is 2. The van der Waals surface area contributed by atoms with E-state index in [1.807, 2.05) is 6.92 Å². The van der Waals surface area contributed by atoms with Gasteiger partial charge in [0, 0.05) is 13.1 Å². The van der Waals surface area contributed by atoms with Crippen LogP contribution in [0.4, 0.5) is 8.78 Å². The molecule has 0 aromatic rings. The molecule has 2 heterocycles. The van der Waals surface area contributed by atoms with Crippen LogP contribution in [0.3, 0.4) is 0 Å². The van der Waals surface area contributed by atoms with Crippen LogP contribution in [0.2, 0.25) is 0 Å². The summed E-state index contributed by atoms with van der Waals surface area (Å²) in [6, 6.07) is 0. The van der Waals surface area contributed by atoms with Gasteiger partial charge in [0.2, 0.25) is 0 Å². The lowest BCUT2D eigenvalue weighted by Crippen LogP contribution is -2.51. The number of amides is 1. The van der Waals surface area contributed by atoms with Gasteiger partial charge in [-0.15, -0.1) is 0 Å². The highest BCUT2D eigenvalue weighted by atomic mass is 19.3. The maximum absolute atomic E-state index is 13.8. The summed E-state index contributed by atoms with van der Waals surface area (Å²) >= 11 is 0. The minimum Gasteiger partial charge on any atom is -0.383 e. The Morgan fingerprint density at radius 3 is 2.67 bits per heavy atom. The van der Waals surface area contributed by atoms with Crippen LogP contribution in [0, 0.1) is 0 Å². The van der Waals surface area contributed by atoms with Crippen LogP contribution >= 0.6 is 0 Å². The van der Waals surface area contributed by atoms with Crippen molar-refractivity contribution in [2.45, 2.75) is 56.8 Å². The number of carbonyl (C=O) groups excluding carboxylic acids is 1. The quantitative estimate of drug-likeness (QED) is 0.758. The van der Waals surface area contributed by atoms with Crippen LogP contribution in [0.25, 0.3) is 0 Å². The molecule has 104 valence electrons. The van der Waals surface area contributed by atoms with Crippen molar-refractivity contribution in [1.29, 1.82) is 0 Å². The second-order valence-corrected chi connectivity index (χ2v) is 4.99. The number of carbonyl (C=O) groups is 1. The second kappa shape index (κ2) is 5.09. The molecule has 2 aliphatic rings. The molecule has 0 bridgehead atoms. The van der Waals surface area contributed by atoms with E-state index in [9.17, 15) is 18.7 Å². The summed E-state index contributed by atoms with van der Waals surface area (Å²) < 4.78 is 32.7. The van der Waals surface area contributed by atoms with E-state index in [2.05, 4.69) is 0 Å². The van der Waals surface area contributed by atoms with E-state index in [4.69, 9.17) is 4.74 Å². The summed E-state index contributed by atoms with van der Waals surface area (Å²) in [5, 5.41) is 9.62. The van der Waals surface area contributed by atoms with Gasteiger partial charge in [0.1, 0.15) is 6.10 Å². The Hall–Kier alpha value is -0.750. The fourth-order valence-electron chi connectivity index (χ4n) is 2.41. The van der Waals surface area contributed by atoms with E-state index in [-0.39, 0.29) is 6.10 Å². The average molecular weight is 263 g/mol. The van der Waals surface area contributed by atoms with Crippen molar-refractivity contribution in [3.63, 3.8) is 0 Å². The summed E-state index contributed by atoms with van der Waals surface area (Å²) in [4.78, 5) is 12.8. The second-order valence-electron chi connectivity index (χ2n) is 4.99. The van der Waals surface area contributed by atoms with E-state index < -0.39 is 24.0 Å². The van der Waals surface area contributed by atoms with Crippen molar-refractivity contribution in [3.05, 3.63) is 0 Å². The Labute approximate surface area is 105 Å². The van der Waals surface area contributed by atoms with Crippen molar-refractivity contribution in [1.82, 2.24) is 4.90 Å². The first-order valence-corrected chi connectivity index (χ1v) is 6.49. The highest BCUT2D eigenvalue weighted by Gasteiger charge is 2.59. The number of epoxide rings is 1. The summed E-state index contributed by atoms with van der Waals surface area (Å²) in [5.41, 5.74) is 0. The Balaban J connectivity index is 1.95. The fourth-order valence-corrected chi connectivity index (χ4v) is 2.41. The number of rotatable bonds is 5. The number of hydrogen-bond acceptors (Lipinski definition) is 3. The van der Waals surface area contributed by atoms with Crippen molar-refractivity contribution in [3.8, 4) is 0 Å². The van der Waals surface area contributed by atoms with Gasteiger partial charge in [0.15, 0.2) is 6.10 Å². The van der Waals surface area contributed by atoms with Gasteiger partial charge in [-0.25, -0.2) is 0 Å². The Kier molecular flexibility index (Phi) is 3.87. The maximum atomic E-state index is 13.8. The predicted molar refractivity (Wildman–Crippen MR) is 60.3 cm³/mol. The molecule has 0 radical (unpaired) electrons. The van der Waals surface area contributed by atoms with Crippen LogP contribution in [-0.2, 0) is 9.53 Å². The number of aliphatic hydroxyl groups excluding tert-OH is 1. The van der Waals surface area contributed by atoms with Crippen molar-refractivity contribution >= 4 is 5.91 Å². The molecular weight excluding hydrogens is 244 g/mol. The molecule has 0 spiro atoms. The lowest BCUT2D eigenvalue weighted by Gasteiger charge is -2.25. The summed E-state index contributed by atoms with van der Waals surface area (Å²) in [7, 11) is 0. The van der Waals surface area contributed by atoms with Crippen LogP contribution < -0.4 is 0 Å². The monoisotopic (exact) mass is 263 g/mol. The van der Waals surface area contributed by atoms with E-state index >= 15 is 0 Å². The number of halogens is 2. The molecule has 0 aromatic heterocycles. The predicted octanol–water partition coefficient (Wildman–Crippen LogP) is 1.17. The number of likely N-dealkylation sites (tertiary alicyclic amines) is 1. The van der Waals surface area contributed by atoms with Gasteiger partial charge in [-0.1, -0.05) is 13.3 Å². The zero-order valence-corrected chi connectivity index (χ0v) is 10.4. The molecule has 2 fully saturated rings. The van der Waals surface area contributed by atoms with Crippen molar-refractivity contribution in [2.75, 3.05) is 13.1 Å². The highest BCUT2D eigenvalue weighted by molar-refractivity contribution is 5.84. The molecule has 4 nitrogen and oxygen atoms in total. The third-order valence-electron chi connectivity index (χ3n) is 3.56. The van der Waals surface area contributed by atoms with Crippen molar-refractivity contribution in [2.24, 2.45) is 0 Å². The van der Waals surface area contributed by atoms with Gasteiger partial charge in [-0.2, -0.15) is 8.78 Å².